The van der Waals surface area contributed by atoms with Gasteiger partial charge in [-0.2, -0.15) is 0 Å². The lowest BCUT2D eigenvalue weighted by molar-refractivity contribution is -0.118. The number of amides is 1. The minimum atomic E-state index is -0.670. The summed E-state index contributed by atoms with van der Waals surface area (Å²) in [5.74, 6) is -0.483. The number of hydrogen-bond donors (Lipinski definition) is 1. The molecule has 2 aromatic rings. The second kappa shape index (κ2) is 8.95. The molecule has 0 bridgehead atoms. The average Bonchev–Trinajstić information content (AvgIpc) is 2.98. The van der Waals surface area contributed by atoms with E-state index in [2.05, 4.69) is 0 Å². The predicted molar refractivity (Wildman–Crippen MR) is 113 cm³/mol. The molecule has 3 rings (SSSR count). The number of Topliss-reactive ketones (excluding diaryl/α,β-unsaturated/α-hetero) is 1. The molecule has 0 saturated carbocycles. The molecule has 29 heavy (non-hydrogen) atoms. The summed E-state index contributed by atoms with van der Waals surface area (Å²) in [6.45, 7) is 6.47. The lowest BCUT2D eigenvalue weighted by atomic mass is 9.92. The van der Waals surface area contributed by atoms with E-state index in [1.807, 2.05) is 57.2 Å². The van der Waals surface area contributed by atoms with Crippen molar-refractivity contribution in [2.45, 2.75) is 39.7 Å². The van der Waals surface area contributed by atoms with Gasteiger partial charge in [0.25, 0.3) is 5.91 Å². The van der Waals surface area contributed by atoms with Crippen LogP contribution in [-0.2, 0) is 9.59 Å². The maximum atomic E-state index is 13.0. The molecule has 1 heterocycles. The van der Waals surface area contributed by atoms with E-state index in [1.165, 1.54) is 4.90 Å². The van der Waals surface area contributed by atoms with Crippen molar-refractivity contribution in [2.75, 3.05) is 11.5 Å². The number of rotatable bonds is 8. The molecule has 0 aliphatic carbocycles. The Hall–Kier alpha value is -3.08. The molecule has 1 aliphatic heterocycles. The van der Waals surface area contributed by atoms with Crippen LogP contribution in [0.15, 0.2) is 65.9 Å². The van der Waals surface area contributed by atoms with Crippen LogP contribution >= 0.6 is 0 Å². The van der Waals surface area contributed by atoms with Crippen LogP contribution in [0.3, 0.4) is 0 Å². The van der Waals surface area contributed by atoms with Gasteiger partial charge in [-0.15, -0.1) is 0 Å². The summed E-state index contributed by atoms with van der Waals surface area (Å²) in [6.07, 6.45) is 1.14. The van der Waals surface area contributed by atoms with Gasteiger partial charge in [0.1, 0.15) is 5.75 Å². The fourth-order valence-corrected chi connectivity index (χ4v) is 3.53. The zero-order chi connectivity index (χ0) is 21.0. The molecule has 1 unspecified atom stereocenters. The Morgan fingerprint density at radius 1 is 1.14 bits per heavy atom. The van der Waals surface area contributed by atoms with Crippen molar-refractivity contribution < 1.29 is 19.4 Å². The van der Waals surface area contributed by atoms with E-state index in [1.54, 1.807) is 18.2 Å². The van der Waals surface area contributed by atoms with E-state index in [4.69, 9.17) is 4.74 Å². The number of carbonyl (C=O) groups is 2. The highest BCUT2D eigenvalue weighted by molar-refractivity contribution is 6.16. The van der Waals surface area contributed by atoms with Gasteiger partial charge < -0.3 is 9.84 Å². The predicted octanol–water partition coefficient (Wildman–Crippen LogP) is 4.99. The molecule has 0 aromatic heterocycles. The Bertz CT molecular complexity index is 917. The van der Waals surface area contributed by atoms with Gasteiger partial charge in [0.2, 0.25) is 0 Å². The molecule has 0 spiro atoms. The molecule has 0 saturated heterocycles. The summed E-state index contributed by atoms with van der Waals surface area (Å²) in [4.78, 5) is 27.5. The Kier molecular flexibility index (Phi) is 6.37. The summed E-state index contributed by atoms with van der Waals surface area (Å²) in [7, 11) is 0. The smallest absolute Gasteiger partial charge is 0.294 e. The van der Waals surface area contributed by atoms with E-state index in [0.717, 1.165) is 12.0 Å². The van der Waals surface area contributed by atoms with E-state index in [9.17, 15) is 14.7 Å². The summed E-state index contributed by atoms with van der Waals surface area (Å²) in [5, 5.41) is 10.7. The number of aliphatic hydroxyl groups excluding tert-OH is 1. The maximum Gasteiger partial charge on any atom is 0.294 e. The van der Waals surface area contributed by atoms with Crippen molar-refractivity contribution in [3.8, 4) is 5.75 Å². The third kappa shape index (κ3) is 4.34. The first-order valence-corrected chi connectivity index (χ1v) is 10.0. The van der Waals surface area contributed by atoms with Crippen molar-refractivity contribution >= 4 is 17.4 Å². The van der Waals surface area contributed by atoms with Gasteiger partial charge in [0.15, 0.2) is 11.5 Å². The number of carbonyl (C=O) groups excluding carboxylic acids is 2. The van der Waals surface area contributed by atoms with Crippen molar-refractivity contribution in [3.05, 3.63) is 71.5 Å². The van der Waals surface area contributed by atoms with Gasteiger partial charge in [-0.1, -0.05) is 57.2 Å². The summed E-state index contributed by atoms with van der Waals surface area (Å²) >= 11 is 0. The molecule has 0 radical (unpaired) electrons. The molecule has 5 heteroatoms. The van der Waals surface area contributed by atoms with Gasteiger partial charge >= 0.3 is 0 Å². The molecule has 2 aromatic carbocycles. The van der Waals surface area contributed by atoms with Crippen LogP contribution in [0.2, 0.25) is 0 Å². The molecule has 152 valence electrons. The van der Waals surface area contributed by atoms with E-state index in [0.29, 0.717) is 18.0 Å². The number of hydrogen-bond acceptors (Lipinski definition) is 4. The average molecular weight is 393 g/mol. The highest BCUT2D eigenvalue weighted by Gasteiger charge is 2.44. The molecule has 5 nitrogen and oxygen atoms in total. The summed E-state index contributed by atoms with van der Waals surface area (Å²) in [5.41, 5.74) is 1.52. The first-order valence-electron chi connectivity index (χ1n) is 10.0. The molecule has 1 aliphatic rings. The normalized spacial score (nSPS) is 16.6. The summed E-state index contributed by atoms with van der Waals surface area (Å²) in [6, 6.07) is 15.8. The van der Waals surface area contributed by atoms with Gasteiger partial charge in [-0.3, -0.25) is 14.5 Å². The van der Waals surface area contributed by atoms with Crippen LogP contribution in [0.5, 0.6) is 5.75 Å². The third-order valence-corrected chi connectivity index (χ3v) is 4.79. The molecular weight excluding hydrogens is 366 g/mol. The van der Waals surface area contributed by atoms with Crippen LogP contribution in [0.25, 0.3) is 0 Å². The lowest BCUT2D eigenvalue weighted by Crippen LogP contribution is -2.31. The Morgan fingerprint density at radius 3 is 2.52 bits per heavy atom. The lowest BCUT2D eigenvalue weighted by Gasteiger charge is -2.27. The molecule has 1 amide bonds. The molecule has 0 fully saturated rings. The van der Waals surface area contributed by atoms with Crippen LogP contribution in [0, 0.1) is 5.92 Å². The second-order valence-electron chi connectivity index (χ2n) is 7.62. The first kappa shape index (κ1) is 20.6. The minimum absolute atomic E-state index is 0.120. The number of aliphatic hydroxyl groups is 1. The first-order chi connectivity index (χ1) is 13.9. The third-order valence-electron chi connectivity index (χ3n) is 4.79. The number of ether oxygens (including phenoxy) is 1. The fraction of sp³-hybridized carbons (Fsp3) is 0.333. The molecule has 1 N–H and O–H groups in total. The monoisotopic (exact) mass is 393 g/mol. The Balaban J connectivity index is 2.07. The van der Waals surface area contributed by atoms with E-state index in [-0.39, 0.29) is 23.7 Å². The van der Waals surface area contributed by atoms with Gasteiger partial charge in [0, 0.05) is 18.2 Å². The maximum absolute atomic E-state index is 13.0. The summed E-state index contributed by atoms with van der Waals surface area (Å²) < 4.78 is 5.70. The Morgan fingerprint density at radius 2 is 1.86 bits per heavy atom. The van der Waals surface area contributed by atoms with Gasteiger partial charge in [0.05, 0.1) is 18.2 Å². The fourth-order valence-electron chi connectivity index (χ4n) is 3.53. The van der Waals surface area contributed by atoms with Crippen LogP contribution < -0.4 is 9.64 Å². The topological polar surface area (TPSA) is 66.8 Å². The van der Waals surface area contributed by atoms with Crippen LogP contribution in [0.4, 0.5) is 5.69 Å². The zero-order valence-electron chi connectivity index (χ0n) is 17.1. The van der Waals surface area contributed by atoms with Crippen molar-refractivity contribution in [3.63, 3.8) is 0 Å². The highest BCUT2D eigenvalue weighted by atomic mass is 16.5. The SMILES string of the molecule is CCCOc1cccc(N2C(=O)C(O)=C(C(=O)CC(C)C)C2c2ccccc2)c1. The zero-order valence-corrected chi connectivity index (χ0v) is 17.1. The van der Waals surface area contributed by atoms with E-state index < -0.39 is 17.7 Å². The van der Waals surface area contributed by atoms with Gasteiger partial charge in [-0.05, 0) is 30.0 Å². The largest absolute Gasteiger partial charge is 0.503 e. The minimum Gasteiger partial charge on any atom is -0.503 e. The number of benzene rings is 2. The van der Waals surface area contributed by atoms with Crippen molar-refractivity contribution in [1.82, 2.24) is 0 Å². The standard InChI is InChI=1S/C24H27NO4/c1-4-13-29-19-12-8-11-18(15-19)25-22(17-9-6-5-7-10-17)21(23(27)24(25)28)20(26)14-16(2)3/h5-12,15-16,22,27H,4,13-14H2,1-3H3. The number of anilines is 1. The van der Waals surface area contributed by atoms with Crippen LogP contribution in [0.1, 0.15) is 45.2 Å². The van der Waals surface area contributed by atoms with Gasteiger partial charge in [-0.25, -0.2) is 0 Å². The van der Waals surface area contributed by atoms with Crippen LogP contribution in [-0.4, -0.2) is 23.4 Å². The number of nitrogens with zero attached hydrogens (tertiary/aromatic N) is 1. The Labute approximate surface area is 171 Å². The highest BCUT2D eigenvalue weighted by Crippen LogP contribution is 2.42. The second-order valence-corrected chi connectivity index (χ2v) is 7.62. The number of ketones is 1. The van der Waals surface area contributed by atoms with Crippen molar-refractivity contribution in [2.24, 2.45) is 5.92 Å². The molecule has 1 atom stereocenters. The molecular formula is C24H27NO4. The quantitative estimate of drug-likeness (QED) is 0.686. The van der Waals surface area contributed by atoms with E-state index >= 15 is 0 Å². The van der Waals surface area contributed by atoms with Crippen molar-refractivity contribution in [1.29, 1.82) is 0 Å².